The van der Waals surface area contributed by atoms with E-state index in [0.29, 0.717) is 37.5 Å². The minimum atomic E-state index is 0.0339. The third-order valence-corrected chi connectivity index (χ3v) is 3.84. The summed E-state index contributed by atoms with van der Waals surface area (Å²) in [6.45, 7) is 0.537. The number of carbonyl (C=O) groups excluding carboxylic acids is 1. The highest BCUT2D eigenvalue weighted by Gasteiger charge is 2.13. The topological polar surface area (TPSA) is 72.1 Å². The molecule has 0 radical (unpaired) electrons. The molecular weight excluding hydrogens is 316 g/mol. The van der Waals surface area contributed by atoms with Crippen LogP contribution in [0.2, 0.25) is 0 Å². The van der Waals surface area contributed by atoms with Crippen molar-refractivity contribution in [2.75, 3.05) is 7.05 Å². The first-order chi connectivity index (χ1) is 12.2. The summed E-state index contributed by atoms with van der Waals surface area (Å²) in [7, 11) is 1.78. The highest BCUT2D eigenvalue weighted by atomic mass is 16.5. The van der Waals surface area contributed by atoms with Crippen molar-refractivity contribution in [3.8, 4) is 0 Å². The van der Waals surface area contributed by atoms with Crippen LogP contribution >= 0.6 is 0 Å². The lowest BCUT2D eigenvalue weighted by Crippen LogP contribution is -2.26. The van der Waals surface area contributed by atoms with Crippen molar-refractivity contribution < 1.29 is 9.32 Å². The van der Waals surface area contributed by atoms with Gasteiger partial charge in [-0.1, -0.05) is 41.6 Å². The lowest BCUT2D eigenvalue weighted by Gasteiger charge is -2.16. The predicted molar refractivity (Wildman–Crippen MR) is 92.6 cm³/mol. The second-order valence-electron chi connectivity index (χ2n) is 5.88. The molecule has 0 aliphatic carbocycles. The Kier molecular flexibility index (Phi) is 5.51. The molecule has 1 amide bonds. The second-order valence-corrected chi connectivity index (χ2v) is 5.88. The highest BCUT2D eigenvalue weighted by molar-refractivity contribution is 5.76. The molecule has 128 valence electrons. The van der Waals surface area contributed by atoms with Crippen LogP contribution in [0.5, 0.6) is 0 Å². The van der Waals surface area contributed by atoms with Gasteiger partial charge < -0.3 is 9.42 Å². The van der Waals surface area contributed by atoms with E-state index in [-0.39, 0.29) is 5.91 Å². The largest absolute Gasteiger partial charge is 0.341 e. The number of pyridine rings is 1. The van der Waals surface area contributed by atoms with E-state index >= 15 is 0 Å². The zero-order chi connectivity index (χ0) is 17.5. The number of aromatic nitrogens is 3. The summed E-state index contributed by atoms with van der Waals surface area (Å²) in [4.78, 5) is 22.3. The molecule has 0 saturated heterocycles. The summed E-state index contributed by atoms with van der Waals surface area (Å²) < 4.78 is 5.24. The number of amides is 1. The number of hydrogen-bond donors (Lipinski definition) is 0. The predicted octanol–water partition coefficient (Wildman–Crippen LogP) is 2.65. The summed E-state index contributed by atoms with van der Waals surface area (Å²) in [5.74, 6) is 1.16. The van der Waals surface area contributed by atoms with Gasteiger partial charge in [0.25, 0.3) is 0 Å². The molecule has 0 N–H and O–H groups in total. The van der Waals surface area contributed by atoms with Crippen molar-refractivity contribution in [1.82, 2.24) is 20.0 Å². The minimum absolute atomic E-state index is 0.0339. The maximum atomic E-state index is 12.2. The van der Waals surface area contributed by atoms with Crippen LogP contribution in [0.1, 0.15) is 29.3 Å². The van der Waals surface area contributed by atoms with Gasteiger partial charge in [0.2, 0.25) is 11.8 Å². The second kappa shape index (κ2) is 8.19. The Balaban J connectivity index is 1.49. The van der Waals surface area contributed by atoms with Crippen molar-refractivity contribution in [2.45, 2.75) is 25.8 Å². The molecule has 0 unspecified atom stereocenters. The number of carbonyl (C=O) groups is 1. The molecule has 0 bridgehead atoms. The Bertz CT molecular complexity index is 803. The van der Waals surface area contributed by atoms with Crippen molar-refractivity contribution in [3.05, 3.63) is 77.7 Å². The smallest absolute Gasteiger partial charge is 0.227 e. The van der Waals surface area contributed by atoms with E-state index in [9.17, 15) is 4.79 Å². The SMILES string of the molecule is CN(Cc1cccnc1)C(=O)CCc1nc(Cc2ccccc2)no1. The van der Waals surface area contributed by atoms with Crippen LogP contribution < -0.4 is 0 Å². The fraction of sp³-hybridized carbons (Fsp3) is 0.263. The molecule has 1 aromatic carbocycles. The number of hydrogen-bond acceptors (Lipinski definition) is 5. The summed E-state index contributed by atoms with van der Waals surface area (Å²) in [5, 5.41) is 3.98. The van der Waals surface area contributed by atoms with Crippen molar-refractivity contribution >= 4 is 5.91 Å². The lowest BCUT2D eigenvalue weighted by molar-refractivity contribution is -0.130. The van der Waals surface area contributed by atoms with Gasteiger partial charge in [-0.3, -0.25) is 9.78 Å². The fourth-order valence-corrected chi connectivity index (χ4v) is 2.50. The third kappa shape index (κ3) is 4.97. The molecule has 0 spiro atoms. The molecule has 2 heterocycles. The quantitative estimate of drug-likeness (QED) is 0.663. The van der Waals surface area contributed by atoms with Gasteiger partial charge in [0.15, 0.2) is 5.82 Å². The zero-order valence-corrected chi connectivity index (χ0v) is 14.1. The van der Waals surface area contributed by atoms with Gasteiger partial charge in [-0.25, -0.2) is 0 Å². The molecule has 3 rings (SSSR count). The number of aryl methyl sites for hydroxylation is 1. The normalized spacial score (nSPS) is 10.6. The Morgan fingerprint density at radius 3 is 2.68 bits per heavy atom. The number of nitrogens with zero attached hydrogens (tertiary/aromatic N) is 4. The average molecular weight is 336 g/mol. The average Bonchev–Trinajstić information content (AvgIpc) is 3.08. The van der Waals surface area contributed by atoms with Crippen LogP contribution in [0, 0.1) is 0 Å². The molecule has 3 aromatic rings. The molecule has 0 saturated carbocycles. The molecule has 0 aliphatic rings. The van der Waals surface area contributed by atoms with Crippen LogP contribution in [0.15, 0.2) is 59.4 Å². The maximum absolute atomic E-state index is 12.2. The summed E-state index contributed by atoms with van der Waals surface area (Å²) in [6.07, 6.45) is 4.88. The molecule has 6 nitrogen and oxygen atoms in total. The number of benzene rings is 1. The molecule has 2 aromatic heterocycles. The van der Waals surface area contributed by atoms with Crippen molar-refractivity contribution in [3.63, 3.8) is 0 Å². The van der Waals surface area contributed by atoms with Crippen LogP contribution in [0.4, 0.5) is 0 Å². The van der Waals surface area contributed by atoms with E-state index in [1.165, 1.54) is 0 Å². The van der Waals surface area contributed by atoms with Gasteiger partial charge in [0.05, 0.1) is 0 Å². The van der Waals surface area contributed by atoms with E-state index in [1.54, 1.807) is 24.3 Å². The van der Waals surface area contributed by atoms with E-state index in [0.717, 1.165) is 11.1 Å². The Morgan fingerprint density at radius 2 is 1.92 bits per heavy atom. The Hall–Kier alpha value is -3.02. The van der Waals surface area contributed by atoms with Gasteiger partial charge >= 0.3 is 0 Å². The van der Waals surface area contributed by atoms with E-state index < -0.39 is 0 Å². The summed E-state index contributed by atoms with van der Waals surface area (Å²) in [6, 6.07) is 13.8. The van der Waals surface area contributed by atoms with Crippen LogP contribution in [0.3, 0.4) is 0 Å². The minimum Gasteiger partial charge on any atom is -0.341 e. The molecule has 6 heteroatoms. The molecular formula is C19H20N4O2. The standard InChI is InChI=1S/C19H20N4O2/c1-23(14-16-8-5-11-20-13-16)19(24)10-9-18-21-17(22-25-18)12-15-6-3-2-4-7-15/h2-8,11,13H,9-10,12,14H2,1H3. The zero-order valence-electron chi connectivity index (χ0n) is 14.1. The third-order valence-electron chi connectivity index (χ3n) is 3.84. The van der Waals surface area contributed by atoms with E-state index in [4.69, 9.17) is 4.52 Å². The number of rotatable bonds is 7. The molecule has 0 aliphatic heterocycles. The van der Waals surface area contributed by atoms with Crippen LogP contribution in [0.25, 0.3) is 0 Å². The monoisotopic (exact) mass is 336 g/mol. The molecule has 25 heavy (non-hydrogen) atoms. The van der Waals surface area contributed by atoms with Gasteiger partial charge in [0, 0.05) is 45.2 Å². The molecule has 0 fully saturated rings. The first-order valence-electron chi connectivity index (χ1n) is 8.19. The first kappa shape index (κ1) is 16.8. The van der Waals surface area contributed by atoms with E-state index in [1.807, 2.05) is 42.5 Å². The van der Waals surface area contributed by atoms with Crippen molar-refractivity contribution in [2.24, 2.45) is 0 Å². The van der Waals surface area contributed by atoms with Gasteiger partial charge in [-0.15, -0.1) is 0 Å². The fourth-order valence-electron chi connectivity index (χ4n) is 2.50. The van der Waals surface area contributed by atoms with Crippen LogP contribution in [-0.2, 0) is 24.2 Å². The first-order valence-corrected chi connectivity index (χ1v) is 8.19. The highest BCUT2D eigenvalue weighted by Crippen LogP contribution is 2.09. The van der Waals surface area contributed by atoms with Crippen molar-refractivity contribution in [1.29, 1.82) is 0 Å². The summed E-state index contributed by atoms with van der Waals surface area (Å²) in [5.41, 5.74) is 2.13. The van der Waals surface area contributed by atoms with Crippen LogP contribution in [-0.4, -0.2) is 33.0 Å². The lowest BCUT2D eigenvalue weighted by atomic mass is 10.1. The van der Waals surface area contributed by atoms with E-state index in [2.05, 4.69) is 15.1 Å². The van der Waals surface area contributed by atoms with Gasteiger partial charge in [-0.2, -0.15) is 4.98 Å². The van der Waals surface area contributed by atoms with Gasteiger partial charge in [0.1, 0.15) is 0 Å². The summed E-state index contributed by atoms with van der Waals surface area (Å²) >= 11 is 0. The van der Waals surface area contributed by atoms with Gasteiger partial charge in [-0.05, 0) is 17.2 Å². The molecule has 0 atom stereocenters. The Morgan fingerprint density at radius 1 is 1.12 bits per heavy atom. The Labute approximate surface area is 146 Å². The maximum Gasteiger partial charge on any atom is 0.227 e.